The molecule has 0 amide bonds. The minimum Gasteiger partial charge on any atom is -0.387 e. The summed E-state index contributed by atoms with van der Waals surface area (Å²) in [5.74, 6) is 0. The van der Waals surface area contributed by atoms with Crippen molar-refractivity contribution in [3.63, 3.8) is 0 Å². The second-order valence-electron chi connectivity index (χ2n) is 9.64. The number of rotatable bonds is 11. The third-order valence-corrected chi connectivity index (χ3v) is 6.12. The molecule has 1 aliphatic rings. The predicted molar refractivity (Wildman–Crippen MR) is 124 cm³/mol. The smallest absolute Gasteiger partial charge is 0.0914 e. The number of anilines is 1. The highest BCUT2D eigenvalue weighted by molar-refractivity contribution is 5.47. The summed E-state index contributed by atoms with van der Waals surface area (Å²) in [6, 6.07) is 8.52. The molecule has 0 bridgehead atoms. The summed E-state index contributed by atoms with van der Waals surface area (Å²) in [5.41, 5.74) is 1.09. The second kappa shape index (κ2) is 9.32. The molecule has 0 spiro atoms. The van der Waals surface area contributed by atoms with E-state index in [1.807, 2.05) is 19.1 Å². The third-order valence-electron chi connectivity index (χ3n) is 6.12. The molecule has 3 nitrogen and oxygen atoms in total. The van der Waals surface area contributed by atoms with Gasteiger partial charge in [0.15, 0.2) is 0 Å². The van der Waals surface area contributed by atoms with Crippen molar-refractivity contribution in [3.05, 3.63) is 67.8 Å². The van der Waals surface area contributed by atoms with Crippen molar-refractivity contribution in [1.82, 2.24) is 0 Å². The zero-order valence-corrected chi connectivity index (χ0v) is 18.7. The predicted octanol–water partition coefficient (Wildman–Crippen LogP) is 6.06. The lowest BCUT2D eigenvalue weighted by atomic mass is 9.75. The van der Waals surface area contributed by atoms with E-state index >= 15 is 0 Å². The van der Waals surface area contributed by atoms with Gasteiger partial charge in [-0.1, -0.05) is 44.2 Å². The van der Waals surface area contributed by atoms with E-state index in [9.17, 15) is 5.11 Å². The Kier molecular flexibility index (Phi) is 7.53. The number of hydrogen-bond acceptors (Lipinski definition) is 3. The molecule has 0 radical (unpaired) electrons. The van der Waals surface area contributed by atoms with Crippen LogP contribution in [-0.2, 0) is 11.2 Å². The van der Waals surface area contributed by atoms with E-state index in [4.69, 9.17) is 4.74 Å². The molecule has 1 aliphatic heterocycles. The van der Waals surface area contributed by atoms with Gasteiger partial charge in [0.25, 0.3) is 0 Å². The maximum atomic E-state index is 10.8. The van der Waals surface area contributed by atoms with Gasteiger partial charge < -0.3 is 15.2 Å². The van der Waals surface area contributed by atoms with Gasteiger partial charge in [0.2, 0.25) is 0 Å². The molecular weight excluding hydrogens is 358 g/mol. The second-order valence-corrected chi connectivity index (χ2v) is 9.64. The molecule has 3 heteroatoms. The van der Waals surface area contributed by atoms with E-state index in [1.165, 1.54) is 5.56 Å². The highest BCUT2D eigenvalue weighted by Gasteiger charge is 2.47. The van der Waals surface area contributed by atoms with E-state index in [0.29, 0.717) is 6.42 Å². The molecule has 4 atom stereocenters. The number of ether oxygens (including phenoxy) is 1. The fraction of sp³-hybridized carbons (Fsp3) is 0.538. The fourth-order valence-corrected chi connectivity index (χ4v) is 4.46. The van der Waals surface area contributed by atoms with E-state index < -0.39 is 5.60 Å². The summed E-state index contributed by atoms with van der Waals surface area (Å²) in [6.07, 6.45) is 9.52. The van der Waals surface area contributed by atoms with Gasteiger partial charge in [-0.2, -0.15) is 0 Å². The van der Waals surface area contributed by atoms with Crippen molar-refractivity contribution in [2.24, 2.45) is 5.41 Å². The summed E-state index contributed by atoms with van der Waals surface area (Å²) in [6.45, 7) is 20.1. The Morgan fingerprint density at radius 3 is 2.21 bits per heavy atom. The lowest BCUT2D eigenvalue weighted by Crippen LogP contribution is -2.50. The molecule has 0 aliphatic carbocycles. The van der Waals surface area contributed by atoms with Gasteiger partial charge in [0.05, 0.1) is 23.3 Å². The minimum atomic E-state index is -0.891. The van der Waals surface area contributed by atoms with Gasteiger partial charge >= 0.3 is 0 Å². The monoisotopic (exact) mass is 397 g/mol. The van der Waals surface area contributed by atoms with Crippen molar-refractivity contribution in [3.8, 4) is 0 Å². The summed E-state index contributed by atoms with van der Waals surface area (Å²) in [7, 11) is 0. The number of nitrogens with one attached hydrogen (secondary N) is 1. The zero-order valence-electron chi connectivity index (χ0n) is 18.7. The van der Waals surface area contributed by atoms with Crippen LogP contribution in [0.2, 0.25) is 0 Å². The van der Waals surface area contributed by atoms with Crippen molar-refractivity contribution in [2.75, 3.05) is 5.32 Å². The quantitative estimate of drug-likeness (QED) is 0.446. The number of benzene rings is 1. The summed E-state index contributed by atoms with van der Waals surface area (Å²) in [4.78, 5) is 0. The molecule has 2 N–H and O–H groups in total. The summed E-state index contributed by atoms with van der Waals surface area (Å²) < 4.78 is 6.46. The highest BCUT2D eigenvalue weighted by Crippen LogP contribution is 2.41. The molecule has 1 aromatic carbocycles. The van der Waals surface area contributed by atoms with Crippen LogP contribution < -0.4 is 5.32 Å². The van der Waals surface area contributed by atoms with Crippen LogP contribution in [0.5, 0.6) is 0 Å². The van der Waals surface area contributed by atoms with Crippen LogP contribution in [0.25, 0.3) is 0 Å². The molecule has 2 rings (SSSR count). The Bertz CT molecular complexity index is 704. The van der Waals surface area contributed by atoms with Crippen LogP contribution in [0, 0.1) is 5.41 Å². The van der Waals surface area contributed by atoms with Gasteiger partial charge in [-0.15, -0.1) is 19.7 Å². The lowest BCUT2D eigenvalue weighted by Gasteiger charge is -2.42. The molecule has 0 aromatic heterocycles. The van der Waals surface area contributed by atoms with Crippen LogP contribution in [0.3, 0.4) is 0 Å². The van der Waals surface area contributed by atoms with Crippen molar-refractivity contribution in [1.29, 1.82) is 0 Å². The van der Waals surface area contributed by atoms with Crippen molar-refractivity contribution < 1.29 is 9.84 Å². The lowest BCUT2D eigenvalue weighted by molar-refractivity contribution is -0.104. The van der Waals surface area contributed by atoms with Gasteiger partial charge in [0.1, 0.15) is 0 Å². The first-order valence-corrected chi connectivity index (χ1v) is 10.7. The molecule has 0 saturated carbocycles. The van der Waals surface area contributed by atoms with E-state index in [-0.39, 0.29) is 23.2 Å². The maximum Gasteiger partial charge on any atom is 0.0914 e. The van der Waals surface area contributed by atoms with E-state index in [2.05, 4.69) is 70.1 Å². The Morgan fingerprint density at radius 1 is 1.03 bits per heavy atom. The first-order chi connectivity index (χ1) is 13.5. The topological polar surface area (TPSA) is 41.5 Å². The first-order valence-electron chi connectivity index (χ1n) is 10.7. The Hall–Kier alpha value is -1.84. The molecule has 1 saturated heterocycles. The SMILES string of the molecule is C=CCc1ccc(N[C@](C)(CC(C)(C)C=C)[C@@H]2CC[C@@H]([C@](C)(O)CC=C)O2)cc1. The van der Waals surface area contributed by atoms with E-state index in [1.54, 1.807) is 6.08 Å². The van der Waals surface area contributed by atoms with Crippen LogP contribution in [-0.4, -0.2) is 28.5 Å². The third kappa shape index (κ3) is 6.07. The molecule has 1 aromatic rings. The fourth-order valence-electron chi connectivity index (χ4n) is 4.46. The summed E-state index contributed by atoms with van der Waals surface area (Å²) >= 11 is 0. The van der Waals surface area contributed by atoms with Gasteiger partial charge in [0, 0.05) is 5.69 Å². The largest absolute Gasteiger partial charge is 0.387 e. The summed E-state index contributed by atoms with van der Waals surface area (Å²) in [5, 5.41) is 14.6. The first kappa shape index (κ1) is 23.4. The Morgan fingerprint density at radius 2 is 1.66 bits per heavy atom. The van der Waals surface area contributed by atoms with Gasteiger partial charge in [-0.25, -0.2) is 0 Å². The molecule has 1 heterocycles. The molecular formula is C26H39NO2. The zero-order chi connectivity index (χ0) is 21.7. The van der Waals surface area contributed by atoms with Gasteiger partial charge in [-0.3, -0.25) is 0 Å². The Labute approximate surface area is 177 Å². The number of allylic oxidation sites excluding steroid dienone is 2. The van der Waals surface area contributed by atoms with E-state index in [0.717, 1.165) is 31.4 Å². The normalized spacial score (nSPS) is 23.6. The molecule has 0 unspecified atom stereocenters. The maximum absolute atomic E-state index is 10.8. The average molecular weight is 398 g/mol. The molecule has 160 valence electrons. The Balaban J connectivity index is 2.25. The number of hydrogen-bond donors (Lipinski definition) is 2. The number of aliphatic hydroxyl groups is 1. The van der Waals surface area contributed by atoms with Crippen LogP contribution in [0.4, 0.5) is 5.69 Å². The van der Waals surface area contributed by atoms with Crippen LogP contribution >= 0.6 is 0 Å². The standard InChI is InChI=1S/C26H39NO2/c1-8-11-20-12-14-21(15-13-20)27-25(6,19-24(4,5)10-3)22-16-17-23(29-22)26(7,28)18-9-2/h8-10,12-15,22-23,27-28H,1-3,11,16-19H2,4-7H3/t22-,23-,25+,26+/m0/s1. The van der Waals surface area contributed by atoms with Crippen LogP contribution in [0.15, 0.2) is 62.2 Å². The van der Waals surface area contributed by atoms with Gasteiger partial charge in [-0.05, 0) is 69.1 Å². The van der Waals surface area contributed by atoms with Crippen molar-refractivity contribution >= 4 is 5.69 Å². The molecule has 29 heavy (non-hydrogen) atoms. The van der Waals surface area contributed by atoms with Crippen LogP contribution in [0.1, 0.15) is 58.9 Å². The average Bonchev–Trinajstić information content (AvgIpc) is 3.15. The molecule has 1 fully saturated rings. The highest BCUT2D eigenvalue weighted by atomic mass is 16.5. The minimum absolute atomic E-state index is 0.00383. The van der Waals surface area contributed by atoms with Crippen molar-refractivity contribution in [2.45, 2.75) is 83.1 Å².